The molecular weight excluding hydrogens is 262 g/mol. The fourth-order valence-corrected chi connectivity index (χ4v) is 1.74. The van der Waals surface area contributed by atoms with Gasteiger partial charge in [0.2, 0.25) is 0 Å². The fraction of sp³-hybridized carbons (Fsp3) is 0.385. The molecule has 2 N–H and O–H groups in total. The molecule has 0 fully saturated rings. The van der Waals surface area contributed by atoms with Crippen LogP contribution in [0, 0.1) is 21.4 Å². The molecule has 1 aromatic carbocycles. The Hall–Kier alpha value is -2.62. The monoisotopic (exact) mass is 277 g/mol. The lowest BCUT2D eigenvalue weighted by Gasteiger charge is -2.15. The first-order valence-corrected chi connectivity index (χ1v) is 6.17. The maximum absolute atomic E-state index is 11.1. The van der Waals surface area contributed by atoms with E-state index in [0.29, 0.717) is 12.1 Å². The zero-order valence-electron chi connectivity index (χ0n) is 11.0. The molecule has 0 aliphatic rings. The van der Waals surface area contributed by atoms with Gasteiger partial charge in [-0.25, -0.2) is 4.79 Å². The normalized spacial score (nSPS) is 11.4. The average Bonchev–Trinajstić information content (AvgIpc) is 2.42. The van der Waals surface area contributed by atoms with Gasteiger partial charge in [0.1, 0.15) is 17.7 Å². The summed E-state index contributed by atoms with van der Waals surface area (Å²) in [6.07, 6.45) is 2.07. The smallest absolute Gasteiger partial charge is 0.326 e. The number of carbonyl (C=O) groups is 1. The van der Waals surface area contributed by atoms with E-state index in [9.17, 15) is 14.9 Å². The standard InChI is InChI=1S/C13H15N3O4/c1-2-3-4-11(13(17)18)15-10-5-6-12(16(19)20)9(7-10)8-14/h5-7,11,15H,2-4H2,1H3,(H,17,18). The van der Waals surface area contributed by atoms with E-state index < -0.39 is 16.9 Å². The number of nitrogens with one attached hydrogen (secondary N) is 1. The van der Waals surface area contributed by atoms with Crippen molar-refractivity contribution < 1.29 is 14.8 Å². The first-order chi connectivity index (χ1) is 9.49. The van der Waals surface area contributed by atoms with Gasteiger partial charge in [-0.15, -0.1) is 0 Å². The van der Waals surface area contributed by atoms with Crippen molar-refractivity contribution in [2.45, 2.75) is 32.2 Å². The quantitative estimate of drug-likeness (QED) is 0.584. The van der Waals surface area contributed by atoms with Crippen LogP contribution in [0.15, 0.2) is 18.2 Å². The number of nitriles is 1. The van der Waals surface area contributed by atoms with Crippen molar-refractivity contribution in [1.29, 1.82) is 5.26 Å². The van der Waals surface area contributed by atoms with Crippen molar-refractivity contribution >= 4 is 17.3 Å². The van der Waals surface area contributed by atoms with Crippen LogP contribution in [0.2, 0.25) is 0 Å². The number of unbranched alkanes of at least 4 members (excludes halogenated alkanes) is 1. The summed E-state index contributed by atoms with van der Waals surface area (Å²) < 4.78 is 0. The highest BCUT2D eigenvalue weighted by molar-refractivity contribution is 5.77. The van der Waals surface area contributed by atoms with Crippen LogP contribution < -0.4 is 5.32 Å². The second-order valence-corrected chi connectivity index (χ2v) is 4.28. The number of nitro benzene ring substituents is 1. The van der Waals surface area contributed by atoms with Crippen LogP contribution >= 0.6 is 0 Å². The zero-order valence-corrected chi connectivity index (χ0v) is 11.0. The van der Waals surface area contributed by atoms with E-state index in [-0.39, 0.29) is 11.3 Å². The fourth-order valence-electron chi connectivity index (χ4n) is 1.74. The van der Waals surface area contributed by atoms with E-state index in [4.69, 9.17) is 10.4 Å². The van der Waals surface area contributed by atoms with E-state index in [2.05, 4.69) is 5.32 Å². The van der Waals surface area contributed by atoms with Crippen LogP contribution in [-0.4, -0.2) is 22.0 Å². The summed E-state index contributed by atoms with van der Waals surface area (Å²) >= 11 is 0. The number of hydrogen-bond donors (Lipinski definition) is 2. The van der Waals surface area contributed by atoms with Crippen molar-refractivity contribution in [2.75, 3.05) is 5.32 Å². The molecule has 0 saturated carbocycles. The van der Waals surface area contributed by atoms with Gasteiger partial charge < -0.3 is 10.4 Å². The predicted molar refractivity (Wildman–Crippen MR) is 72.4 cm³/mol. The third-order valence-electron chi connectivity index (χ3n) is 2.80. The molecule has 0 aliphatic carbocycles. The molecule has 7 heteroatoms. The summed E-state index contributed by atoms with van der Waals surface area (Å²) in [4.78, 5) is 21.2. The molecule has 0 aliphatic heterocycles. The van der Waals surface area contributed by atoms with Crippen LogP contribution in [0.25, 0.3) is 0 Å². The Morgan fingerprint density at radius 2 is 2.30 bits per heavy atom. The van der Waals surface area contributed by atoms with Crippen molar-refractivity contribution in [3.63, 3.8) is 0 Å². The molecule has 20 heavy (non-hydrogen) atoms. The molecule has 0 saturated heterocycles. The lowest BCUT2D eigenvalue weighted by molar-refractivity contribution is -0.385. The van der Waals surface area contributed by atoms with Gasteiger partial charge >= 0.3 is 5.97 Å². The molecule has 0 heterocycles. The van der Waals surface area contributed by atoms with Gasteiger partial charge in [0.15, 0.2) is 0 Å². The van der Waals surface area contributed by atoms with Crippen molar-refractivity contribution in [3.05, 3.63) is 33.9 Å². The second-order valence-electron chi connectivity index (χ2n) is 4.28. The third kappa shape index (κ3) is 3.95. The highest BCUT2D eigenvalue weighted by Crippen LogP contribution is 2.22. The zero-order chi connectivity index (χ0) is 15.1. The summed E-state index contributed by atoms with van der Waals surface area (Å²) in [5, 5.41) is 31.5. The first-order valence-electron chi connectivity index (χ1n) is 6.17. The number of anilines is 1. The Morgan fingerprint density at radius 1 is 1.60 bits per heavy atom. The SMILES string of the molecule is CCCCC(Nc1ccc([N+](=O)[O-])c(C#N)c1)C(=O)O. The maximum atomic E-state index is 11.1. The van der Waals surface area contributed by atoms with E-state index >= 15 is 0 Å². The Kier molecular flexibility index (Phi) is 5.47. The Bertz CT molecular complexity index is 551. The molecule has 0 spiro atoms. The van der Waals surface area contributed by atoms with Gasteiger partial charge in [-0.3, -0.25) is 10.1 Å². The van der Waals surface area contributed by atoms with Crippen molar-refractivity contribution in [2.24, 2.45) is 0 Å². The highest BCUT2D eigenvalue weighted by Gasteiger charge is 2.19. The average molecular weight is 277 g/mol. The number of nitro groups is 1. The van der Waals surface area contributed by atoms with E-state index in [1.165, 1.54) is 18.2 Å². The second kappa shape index (κ2) is 7.09. The van der Waals surface area contributed by atoms with Crippen molar-refractivity contribution in [1.82, 2.24) is 0 Å². The summed E-state index contributed by atoms with van der Waals surface area (Å²) in [6.45, 7) is 1.96. The molecule has 1 unspecified atom stereocenters. The van der Waals surface area contributed by atoms with Crippen LogP contribution in [0.1, 0.15) is 31.7 Å². The molecule has 1 atom stereocenters. The van der Waals surface area contributed by atoms with E-state index in [0.717, 1.165) is 12.8 Å². The van der Waals surface area contributed by atoms with Crippen LogP contribution in [0.3, 0.4) is 0 Å². The predicted octanol–water partition coefficient (Wildman–Crippen LogP) is 2.52. The Balaban J connectivity index is 2.94. The number of nitrogens with zero attached hydrogens (tertiary/aromatic N) is 2. The molecular formula is C13H15N3O4. The minimum absolute atomic E-state index is 0.0976. The number of hydrogen-bond acceptors (Lipinski definition) is 5. The van der Waals surface area contributed by atoms with Crippen LogP contribution in [0.5, 0.6) is 0 Å². The van der Waals surface area contributed by atoms with E-state index in [1.807, 2.05) is 6.92 Å². The first kappa shape index (κ1) is 15.4. The Labute approximate surface area is 116 Å². The number of aliphatic carboxylic acids is 1. The molecule has 1 rings (SSSR count). The molecule has 0 amide bonds. The molecule has 0 bridgehead atoms. The van der Waals surface area contributed by atoms with Gasteiger partial charge in [-0.05, 0) is 18.6 Å². The molecule has 106 valence electrons. The third-order valence-corrected chi connectivity index (χ3v) is 2.80. The summed E-state index contributed by atoms with van der Waals surface area (Å²) in [6, 6.07) is 4.85. The largest absolute Gasteiger partial charge is 0.480 e. The van der Waals surface area contributed by atoms with E-state index in [1.54, 1.807) is 6.07 Å². The van der Waals surface area contributed by atoms with Gasteiger partial charge in [0.25, 0.3) is 5.69 Å². The highest BCUT2D eigenvalue weighted by atomic mass is 16.6. The lowest BCUT2D eigenvalue weighted by Crippen LogP contribution is -2.29. The Morgan fingerprint density at radius 3 is 2.80 bits per heavy atom. The summed E-state index contributed by atoms with van der Waals surface area (Å²) in [5.74, 6) is -0.990. The van der Waals surface area contributed by atoms with Gasteiger partial charge in [0, 0.05) is 11.8 Å². The number of benzene rings is 1. The molecule has 0 aromatic heterocycles. The molecule has 0 radical (unpaired) electrons. The van der Waals surface area contributed by atoms with Crippen LogP contribution in [0.4, 0.5) is 11.4 Å². The minimum atomic E-state index is -0.990. The summed E-state index contributed by atoms with van der Waals surface area (Å²) in [7, 11) is 0. The van der Waals surface area contributed by atoms with Gasteiger partial charge in [-0.2, -0.15) is 5.26 Å². The van der Waals surface area contributed by atoms with Crippen LogP contribution in [-0.2, 0) is 4.79 Å². The molecule has 7 nitrogen and oxygen atoms in total. The van der Waals surface area contributed by atoms with Gasteiger partial charge in [-0.1, -0.05) is 19.8 Å². The minimum Gasteiger partial charge on any atom is -0.480 e. The maximum Gasteiger partial charge on any atom is 0.326 e. The lowest BCUT2D eigenvalue weighted by atomic mass is 10.1. The van der Waals surface area contributed by atoms with Crippen molar-refractivity contribution in [3.8, 4) is 6.07 Å². The van der Waals surface area contributed by atoms with Gasteiger partial charge in [0.05, 0.1) is 4.92 Å². The number of carboxylic acids is 1. The molecule has 1 aromatic rings. The number of rotatable bonds is 7. The number of carboxylic acid groups (broad SMARTS) is 1. The summed E-state index contributed by atoms with van der Waals surface area (Å²) in [5.41, 5.74) is -0.00577. The topological polar surface area (TPSA) is 116 Å².